The quantitative estimate of drug-likeness (QED) is 0.835. The van der Waals surface area contributed by atoms with Gasteiger partial charge in [0.25, 0.3) is 0 Å². The number of nitrogens with zero attached hydrogens (tertiary/aromatic N) is 1. The molecule has 1 aromatic heterocycles. The Morgan fingerprint density at radius 3 is 2.59 bits per heavy atom. The molecule has 0 spiro atoms. The molecule has 8 heteroatoms. The van der Waals surface area contributed by atoms with E-state index in [9.17, 15) is 18.0 Å². The van der Waals surface area contributed by atoms with Gasteiger partial charge in [0.1, 0.15) is 10.6 Å². The molecule has 0 saturated heterocycles. The lowest BCUT2D eigenvalue weighted by atomic mass is 10.2. The van der Waals surface area contributed by atoms with Crippen LogP contribution in [0.3, 0.4) is 0 Å². The van der Waals surface area contributed by atoms with Crippen LogP contribution in [0.4, 0.5) is 13.2 Å². The molecular weight excluding hydrogens is 261 g/mol. The molecule has 0 atom stereocenters. The first kappa shape index (κ1) is 13.7. The number of rotatable bonds is 2. The second-order valence-electron chi connectivity index (χ2n) is 3.06. The van der Waals surface area contributed by atoms with Crippen LogP contribution in [0, 0.1) is 0 Å². The lowest BCUT2D eigenvalue weighted by Crippen LogP contribution is -2.14. The maximum absolute atomic E-state index is 12.6. The predicted molar refractivity (Wildman–Crippen MR) is 53.4 cm³/mol. The van der Waals surface area contributed by atoms with Crippen LogP contribution in [0.2, 0.25) is 5.02 Å². The molecule has 0 aliphatic heterocycles. The van der Waals surface area contributed by atoms with Gasteiger partial charge in [0.05, 0.1) is 5.69 Å². The number of nitrogens with two attached hydrogens (primary N) is 1. The summed E-state index contributed by atoms with van der Waals surface area (Å²) in [5.41, 5.74) is 4.05. The largest absolute Gasteiger partial charge is 0.424 e. The van der Waals surface area contributed by atoms with Crippen molar-refractivity contribution in [2.24, 2.45) is 5.73 Å². The highest BCUT2D eigenvalue weighted by molar-refractivity contribution is 6.32. The summed E-state index contributed by atoms with van der Waals surface area (Å²) in [5.74, 6) is -1.67. The average Bonchev–Trinajstić information content (AvgIpc) is 2.18. The van der Waals surface area contributed by atoms with Crippen molar-refractivity contribution in [2.45, 2.75) is 19.6 Å². The van der Waals surface area contributed by atoms with Crippen molar-refractivity contribution in [1.82, 2.24) is 4.98 Å². The highest BCUT2D eigenvalue weighted by Gasteiger charge is 2.37. The summed E-state index contributed by atoms with van der Waals surface area (Å²) in [6.07, 6.45) is -4.18. The number of hydrogen-bond donors (Lipinski definition) is 1. The second-order valence-corrected chi connectivity index (χ2v) is 3.44. The first-order valence-corrected chi connectivity index (χ1v) is 4.78. The van der Waals surface area contributed by atoms with E-state index in [4.69, 9.17) is 17.3 Å². The van der Waals surface area contributed by atoms with E-state index in [1.807, 2.05) is 0 Å². The van der Waals surface area contributed by atoms with Crippen molar-refractivity contribution >= 4 is 17.6 Å². The highest BCUT2D eigenvalue weighted by atomic mass is 35.5. The van der Waals surface area contributed by atoms with Crippen molar-refractivity contribution in [3.63, 3.8) is 0 Å². The summed E-state index contributed by atoms with van der Waals surface area (Å²) < 4.78 is 42.2. The van der Waals surface area contributed by atoms with Gasteiger partial charge in [-0.1, -0.05) is 11.6 Å². The highest BCUT2D eigenvalue weighted by Crippen LogP contribution is 2.40. The smallest absolute Gasteiger partial charge is 0.421 e. The number of carbonyl (C=O) groups is 1. The Bertz CT molecular complexity index is 449. The maximum atomic E-state index is 12.6. The van der Waals surface area contributed by atoms with Crippen molar-refractivity contribution in [3.8, 4) is 5.75 Å². The number of esters is 1. The van der Waals surface area contributed by atoms with Gasteiger partial charge in [0.2, 0.25) is 0 Å². The van der Waals surface area contributed by atoms with Gasteiger partial charge < -0.3 is 10.5 Å². The summed E-state index contributed by atoms with van der Waals surface area (Å²) in [6, 6.07) is 0. The van der Waals surface area contributed by atoms with Crippen LogP contribution in [0.5, 0.6) is 5.75 Å². The summed E-state index contributed by atoms with van der Waals surface area (Å²) in [4.78, 5) is 14.2. The summed E-state index contributed by atoms with van der Waals surface area (Å²) in [5, 5.41) is -0.405. The van der Waals surface area contributed by atoms with Gasteiger partial charge in [-0.15, -0.1) is 0 Å². The molecule has 0 unspecified atom stereocenters. The molecule has 1 aromatic rings. The van der Waals surface area contributed by atoms with Crippen LogP contribution in [-0.2, 0) is 17.5 Å². The zero-order chi connectivity index (χ0) is 13.2. The van der Waals surface area contributed by atoms with E-state index in [0.717, 1.165) is 6.92 Å². The van der Waals surface area contributed by atoms with Gasteiger partial charge in [-0.2, -0.15) is 13.2 Å². The van der Waals surface area contributed by atoms with E-state index in [0.29, 0.717) is 6.20 Å². The van der Waals surface area contributed by atoms with E-state index >= 15 is 0 Å². The van der Waals surface area contributed by atoms with Gasteiger partial charge in [-0.05, 0) is 0 Å². The SMILES string of the molecule is CC(=O)Oc1c(C(F)(F)F)cnc(CN)c1Cl. The molecule has 0 fully saturated rings. The molecular formula is C9H8ClF3N2O2. The van der Waals surface area contributed by atoms with Crippen LogP contribution in [0.15, 0.2) is 6.20 Å². The molecule has 0 aromatic carbocycles. The Morgan fingerprint density at radius 2 is 2.18 bits per heavy atom. The van der Waals surface area contributed by atoms with Gasteiger partial charge in [0.15, 0.2) is 5.75 Å². The molecule has 2 N–H and O–H groups in total. The van der Waals surface area contributed by atoms with Gasteiger partial charge in [-0.3, -0.25) is 9.78 Å². The fraction of sp³-hybridized carbons (Fsp3) is 0.333. The minimum absolute atomic E-state index is 0.0240. The topological polar surface area (TPSA) is 65.2 Å². The van der Waals surface area contributed by atoms with E-state index in [1.165, 1.54) is 0 Å². The van der Waals surface area contributed by atoms with Crippen LogP contribution >= 0.6 is 11.6 Å². The van der Waals surface area contributed by atoms with Crippen LogP contribution < -0.4 is 10.5 Å². The predicted octanol–water partition coefficient (Wildman–Crippen LogP) is 2.14. The van der Waals surface area contributed by atoms with E-state index in [-0.39, 0.29) is 12.2 Å². The fourth-order valence-electron chi connectivity index (χ4n) is 1.09. The zero-order valence-electron chi connectivity index (χ0n) is 8.64. The summed E-state index contributed by atoms with van der Waals surface area (Å²) in [7, 11) is 0. The van der Waals surface area contributed by atoms with E-state index < -0.39 is 28.5 Å². The Morgan fingerprint density at radius 1 is 1.59 bits per heavy atom. The van der Waals surface area contributed by atoms with E-state index in [1.54, 1.807) is 0 Å². The molecule has 0 radical (unpaired) electrons. The number of carbonyl (C=O) groups excluding carboxylic acids is 1. The molecule has 0 amide bonds. The Balaban J connectivity index is 3.41. The minimum Gasteiger partial charge on any atom is -0.424 e. The first-order valence-electron chi connectivity index (χ1n) is 4.40. The van der Waals surface area contributed by atoms with Crippen LogP contribution in [0.25, 0.3) is 0 Å². The van der Waals surface area contributed by atoms with Gasteiger partial charge in [0, 0.05) is 19.7 Å². The minimum atomic E-state index is -4.71. The molecule has 0 aliphatic rings. The molecule has 0 saturated carbocycles. The Labute approximate surface area is 99.5 Å². The second kappa shape index (κ2) is 4.89. The number of aromatic nitrogens is 1. The summed E-state index contributed by atoms with van der Waals surface area (Å²) >= 11 is 5.64. The number of hydrogen-bond acceptors (Lipinski definition) is 4. The van der Waals surface area contributed by atoms with Crippen molar-refractivity contribution < 1.29 is 22.7 Å². The fourth-order valence-corrected chi connectivity index (χ4v) is 1.36. The number of pyridine rings is 1. The van der Waals surface area contributed by atoms with Gasteiger partial charge in [-0.25, -0.2) is 0 Å². The standard InChI is InChI=1S/C9H8ClF3N2O2/c1-4(16)17-8-5(9(11,12)13)3-15-6(2-14)7(8)10/h3H,2,14H2,1H3. The average molecular weight is 269 g/mol. The number of halogens is 4. The van der Waals surface area contributed by atoms with Crippen molar-refractivity contribution in [2.75, 3.05) is 0 Å². The molecule has 0 bridgehead atoms. The van der Waals surface area contributed by atoms with Crippen LogP contribution in [-0.4, -0.2) is 11.0 Å². The van der Waals surface area contributed by atoms with Crippen LogP contribution in [0.1, 0.15) is 18.2 Å². The first-order chi connectivity index (χ1) is 7.77. The number of alkyl halides is 3. The molecule has 0 aliphatic carbocycles. The Kier molecular flexibility index (Phi) is 3.94. The molecule has 1 heterocycles. The maximum Gasteiger partial charge on any atom is 0.421 e. The lowest BCUT2D eigenvalue weighted by Gasteiger charge is -2.14. The zero-order valence-corrected chi connectivity index (χ0v) is 9.39. The van der Waals surface area contributed by atoms with Crippen molar-refractivity contribution in [3.05, 3.63) is 22.5 Å². The number of ether oxygens (including phenoxy) is 1. The third-order valence-corrected chi connectivity index (χ3v) is 2.18. The molecule has 17 heavy (non-hydrogen) atoms. The molecule has 94 valence electrons. The monoisotopic (exact) mass is 268 g/mol. The molecule has 1 rings (SSSR count). The Hall–Kier alpha value is -1.34. The molecule has 4 nitrogen and oxygen atoms in total. The third kappa shape index (κ3) is 3.07. The summed E-state index contributed by atoms with van der Waals surface area (Å²) in [6.45, 7) is 0.810. The van der Waals surface area contributed by atoms with E-state index in [2.05, 4.69) is 9.72 Å². The lowest BCUT2D eigenvalue weighted by molar-refractivity contribution is -0.141. The van der Waals surface area contributed by atoms with Crippen molar-refractivity contribution in [1.29, 1.82) is 0 Å². The third-order valence-electron chi connectivity index (χ3n) is 1.79. The normalized spacial score (nSPS) is 11.4. The van der Waals surface area contributed by atoms with Gasteiger partial charge >= 0.3 is 12.1 Å².